The van der Waals surface area contributed by atoms with Crippen LogP contribution in [0.25, 0.3) is 0 Å². The van der Waals surface area contributed by atoms with Crippen molar-refractivity contribution in [2.45, 2.75) is 20.0 Å². The SMILES string of the molecule is Cc1cc(OC(C)C(=O)Nc2ccc(N)cc2)ccc1Br. The van der Waals surface area contributed by atoms with E-state index in [1.54, 1.807) is 31.2 Å². The minimum atomic E-state index is -0.594. The van der Waals surface area contributed by atoms with Gasteiger partial charge in [-0.05, 0) is 61.9 Å². The first-order valence-corrected chi connectivity index (χ1v) is 7.34. The second-order valence-electron chi connectivity index (χ2n) is 4.78. The smallest absolute Gasteiger partial charge is 0.265 e. The van der Waals surface area contributed by atoms with Crippen LogP contribution >= 0.6 is 15.9 Å². The Kier molecular flexibility index (Phi) is 4.85. The number of carbonyl (C=O) groups is 1. The number of hydrogen-bond donors (Lipinski definition) is 2. The van der Waals surface area contributed by atoms with Crippen LogP contribution in [0.1, 0.15) is 12.5 Å². The summed E-state index contributed by atoms with van der Waals surface area (Å²) < 4.78 is 6.66. The second-order valence-corrected chi connectivity index (χ2v) is 5.64. The van der Waals surface area contributed by atoms with Gasteiger partial charge in [0.25, 0.3) is 5.91 Å². The van der Waals surface area contributed by atoms with Gasteiger partial charge < -0.3 is 15.8 Å². The zero-order valence-electron chi connectivity index (χ0n) is 11.9. The van der Waals surface area contributed by atoms with Crippen molar-refractivity contribution < 1.29 is 9.53 Å². The third kappa shape index (κ3) is 4.23. The number of nitrogens with two attached hydrogens (primary N) is 1. The molecule has 0 aliphatic rings. The number of aryl methyl sites for hydroxylation is 1. The minimum absolute atomic E-state index is 0.208. The molecular formula is C16H17BrN2O2. The van der Waals surface area contributed by atoms with Gasteiger partial charge in [-0.1, -0.05) is 15.9 Å². The first-order chi connectivity index (χ1) is 9.95. The van der Waals surface area contributed by atoms with E-state index < -0.39 is 6.10 Å². The third-order valence-corrected chi connectivity index (χ3v) is 3.88. The van der Waals surface area contributed by atoms with E-state index in [1.165, 1.54) is 0 Å². The van der Waals surface area contributed by atoms with E-state index in [-0.39, 0.29) is 5.91 Å². The molecule has 0 aliphatic carbocycles. The predicted octanol–water partition coefficient (Wildman–Crippen LogP) is 3.75. The monoisotopic (exact) mass is 348 g/mol. The minimum Gasteiger partial charge on any atom is -0.481 e. The van der Waals surface area contributed by atoms with E-state index in [4.69, 9.17) is 10.5 Å². The highest BCUT2D eigenvalue weighted by Gasteiger charge is 2.15. The quantitative estimate of drug-likeness (QED) is 0.827. The molecule has 0 saturated heterocycles. The largest absolute Gasteiger partial charge is 0.481 e. The first kappa shape index (κ1) is 15.4. The molecule has 0 bridgehead atoms. The normalized spacial score (nSPS) is 11.8. The molecule has 21 heavy (non-hydrogen) atoms. The molecule has 2 rings (SSSR count). The fourth-order valence-electron chi connectivity index (χ4n) is 1.76. The zero-order chi connectivity index (χ0) is 15.4. The molecule has 0 radical (unpaired) electrons. The van der Waals surface area contributed by atoms with Gasteiger partial charge in [-0.3, -0.25) is 4.79 Å². The number of carbonyl (C=O) groups excluding carboxylic acids is 1. The molecule has 0 fully saturated rings. The summed E-state index contributed by atoms with van der Waals surface area (Å²) in [7, 11) is 0. The Bertz CT molecular complexity index is 641. The predicted molar refractivity (Wildman–Crippen MR) is 88.5 cm³/mol. The number of ether oxygens (including phenoxy) is 1. The van der Waals surface area contributed by atoms with Crippen LogP contribution < -0.4 is 15.8 Å². The van der Waals surface area contributed by atoms with Crippen molar-refractivity contribution in [3.63, 3.8) is 0 Å². The topological polar surface area (TPSA) is 64.3 Å². The highest BCUT2D eigenvalue weighted by Crippen LogP contribution is 2.22. The average Bonchev–Trinajstić information content (AvgIpc) is 2.45. The van der Waals surface area contributed by atoms with Gasteiger partial charge in [0, 0.05) is 15.8 Å². The van der Waals surface area contributed by atoms with Gasteiger partial charge in [0.05, 0.1) is 0 Å². The van der Waals surface area contributed by atoms with Crippen LogP contribution in [0.3, 0.4) is 0 Å². The molecule has 2 aromatic rings. The number of halogens is 1. The van der Waals surface area contributed by atoms with E-state index in [1.807, 2.05) is 25.1 Å². The van der Waals surface area contributed by atoms with E-state index in [9.17, 15) is 4.79 Å². The van der Waals surface area contributed by atoms with E-state index in [0.29, 0.717) is 17.1 Å². The molecule has 1 amide bonds. The van der Waals surface area contributed by atoms with Crippen molar-refractivity contribution >= 4 is 33.2 Å². The molecule has 1 atom stereocenters. The van der Waals surface area contributed by atoms with Crippen molar-refractivity contribution in [1.29, 1.82) is 0 Å². The van der Waals surface area contributed by atoms with Gasteiger partial charge in [-0.25, -0.2) is 0 Å². The molecular weight excluding hydrogens is 332 g/mol. The van der Waals surface area contributed by atoms with Crippen molar-refractivity contribution in [2.24, 2.45) is 0 Å². The molecule has 0 spiro atoms. The van der Waals surface area contributed by atoms with Crippen LogP contribution in [0.2, 0.25) is 0 Å². The fourth-order valence-corrected chi connectivity index (χ4v) is 2.01. The molecule has 5 heteroatoms. The maximum atomic E-state index is 12.1. The number of benzene rings is 2. The molecule has 4 nitrogen and oxygen atoms in total. The molecule has 0 saturated carbocycles. The van der Waals surface area contributed by atoms with Gasteiger partial charge in [-0.15, -0.1) is 0 Å². The van der Waals surface area contributed by atoms with Gasteiger partial charge in [-0.2, -0.15) is 0 Å². The lowest BCUT2D eigenvalue weighted by atomic mass is 10.2. The number of rotatable bonds is 4. The van der Waals surface area contributed by atoms with Crippen molar-refractivity contribution in [1.82, 2.24) is 0 Å². The Balaban J connectivity index is 1.98. The zero-order valence-corrected chi connectivity index (χ0v) is 13.5. The van der Waals surface area contributed by atoms with E-state index >= 15 is 0 Å². The Morgan fingerprint density at radius 2 is 1.90 bits per heavy atom. The molecule has 0 heterocycles. The van der Waals surface area contributed by atoms with Crippen LogP contribution in [-0.4, -0.2) is 12.0 Å². The summed E-state index contributed by atoms with van der Waals surface area (Å²) in [5.74, 6) is 0.455. The van der Waals surface area contributed by atoms with Crippen molar-refractivity contribution in [3.05, 3.63) is 52.5 Å². The number of nitrogens with one attached hydrogen (secondary N) is 1. The lowest BCUT2D eigenvalue weighted by Gasteiger charge is -2.15. The highest BCUT2D eigenvalue weighted by atomic mass is 79.9. The first-order valence-electron chi connectivity index (χ1n) is 6.55. The summed E-state index contributed by atoms with van der Waals surface area (Å²) >= 11 is 3.43. The van der Waals surface area contributed by atoms with Gasteiger partial charge in [0.15, 0.2) is 6.10 Å². The van der Waals surface area contributed by atoms with Gasteiger partial charge in [0.1, 0.15) is 5.75 Å². The van der Waals surface area contributed by atoms with Gasteiger partial charge in [0.2, 0.25) is 0 Å². The van der Waals surface area contributed by atoms with Gasteiger partial charge >= 0.3 is 0 Å². The van der Waals surface area contributed by atoms with Crippen LogP contribution in [0, 0.1) is 6.92 Å². The van der Waals surface area contributed by atoms with Crippen LogP contribution in [0.5, 0.6) is 5.75 Å². The summed E-state index contributed by atoms with van der Waals surface area (Å²) in [6.45, 7) is 3.68. The summed E-state index contributed by atoms with van der Waals surface area (Å²) in [5.41, 5.74) is 8.01. The highest BCUT2D eigenvalue weighted by molar-refractivity contribution is 9.10. The second kappa shape index (κ2) is 6.63. The van der Waals surface area contributed by atoms with Crippen LogP contribution in [0.15, 0.2) is 46.9 Å². The summed E-state index contributed by atoms with van der Waals surface area (Å²) in [6.07, 6.45) is -0.594. The number of anilines is 2. The molecule has 0 aliphatic heterocycles. The average molecular weight is 349 g/mol. The van der Waals surface area contributed by atoms with E-state index in [0.717, 1.165) is 10.0 Å². The maximum Gasteiger partial charge on any atom is 0.265 e. The Hall–Kier alpha value is -2.01. The molecule has 3 N–H and O–H groups in total. The fraction of sp³-hybridized carbons (Fsp3) is 0.188. The lowest BCUT2D eigenvalue weighted by Crippen LogP contribution is -2.30. The Morgan fingerprint density at radius 1 is 1.24 bits per heavy atom. The molecule has 110 valence electrons. The third-order valence-electron chi connectivity index (χ3n) is 2.99. The van der Waals surface area contributed by atoms with E-state index in [2.05, 4.69) is 21.2 Å². The maximum absolute atomic E-state index is 12.1. The molecule has 0 aromatic heterocycles. The van der Waals surface area contributed by atoms with Crippen molar-refractivity contribution in [3.8, 4) is 5.75 Å². The van der Waals surface area contributed by atoms with Crippen LogP contribution in [-0.2, 0) is 4.79 Å². The molecule has 1 unspecified atom stereocenters. The lowest BCUT2D eigenvalue weighted by molar-refractivity contribution is -0.122. The Morgan fingerprint density at radius 3 is 2.52 bits per heavy atom. The number of nitrogen functional groups attached to an aromatic ring is 1. The summed E-state index contributed by atoms with van der Waals surface area (Å²) in [5, 5.41) is 2.79. The summed E-state index contributed by atoms with van der Waals surface area (Å²) in [6, 6.07) is 12.6. The standard InChI is InChI=1S/C16H17BrN2O2/c1-10-9-14(7-8-15(10)17)21-11(2)16(20)19-13-5-3-12(18)4-6-13/h3-9,11H,18H2,1-2H3,(H,19,20). The number of hydrogen-bond acceptors (Lipinski definition) is 3. The summed E-state index contributed by atoms with van der Waals surface area (Å²) in [4.78, 5) is 12.1. The van der Waals surface area contributed by atoms with Crippen LogP contribution in [0.4, 0.5) is 11.4 Å². The Labute approximate surface area is 132 Å². The number of amides is 1. The van der Waals surface area contributed by atoms with Crippen molar-refractivity contribution in [2.75, 3.05) is 11.1 Å². The molecule has 2 aromatic carbocycles.